The van der Waals surface area contributed by atoms with Gasteiger partial charge in [0, 0.05) is 26.1 Å². The van der Waals surface area contributed by atoms with Crippen LogP contribution in [0.5, 0.6) is 0 Å². The van der Waals surface area contributed by atoms with Crippen LogP contribution in [0.25, 0.3) is 0 Å². The van der Waals surface area contributed by atoms with Gasteiger partial charge < -0.3 is 35.4 Å². The van der Waals surface area contributed by atoms with E-state index in [9.17, 15) is 19.5 Å². The Kier molecular flexibility index (Phi) is 12.6. The van der Waals surface area contributed by atoms with E-state index in [1.807, 2.05) is 38.5 Å². The first-order chi connectivity index (χ1) is 21.0. The molecule has 3 aliphatic heterocycles. The summed E-state index contributed by atoms with van der Waals surface area (Å²) < 4.78 is 11.2. The summed E-state index contributed by atoms with van der Waals surface area (Å²) in [5, 5.41) is 19.8. The highest BCUT2D eigenvalue weighted by molar-refractivity contribution is 8.12. The molecule has 4 N–H and O–H groups in total. The summed E-state index contributed by atoms with van der Waals surface area (Å²) in [7, 11) is 0. The van der Waals surface area contributed by atoms with E-state index in [1.165, 1.54) is 10.5 Å². The maximum atomic E-state index is 13.8. The van der Waals surface area contributed by atoms with Crippen LogP contribution in [0.2, 0.25) is 0 Å². The molecule has 2 unspecified atom stereocenters. The summed E-state index contributed by atoms with van der Waals surface area (Å²) in [6.45, 7) is 11.2. The number of hydrogen-bond acceptors (Lipinski definition) is 9. The molecule has 44 heavy (non-hydrogen) atoms. The predicted octanol–water partition coefficient (Wildman–Crippen LogP) is 2.03. The summed E-state index contributed by atoms with van der Waals surface area (Å²) in [6, 6.07) is 6.58. The average molecular weight is 632 g/mol. The van der Waals surface area contributed by atoms with Crippen LogP contribution >= 0.6 is 11.8 Å². The molecular formula is C32H49N5O6S. The lowest BCUT2D eigenvalue weighted by molar-refractivity contribution is -0.144. The van der Waals surface area contributed by atoms with Crippen LogP contribution in [-0.4, -0.2) is 104 Å². The van der Waals surface area contributed by atoms with Crippen molar-refractivity contribution in [3.05, 3.63) is 35.4 Å². The molecule has 244 valence electrons. The highest BCUT2D eigenvalue weighted by Gasteiger charge is 2.44. The fraction of sp³-hybridized carbons (Fsp3) is 0.688. The number of rotatable bonds is 13. The van der Waals surface area contributed by atoms with Crippen molar-refractivity contribution >= 4 is 35.0 Å². The van der Waals surface area contributed by atoms with Crippen molar-refractivity contribution in [2.75, 3.05) is 46.1 Å². The molecule has 0 saturated carbocycles. The summed E-state index contributed by atoms with van der Waals surface area (Å²) >= 11 is 1.70. The summed E-state index contributed by atoms with van der Waals surface area (Å²) in [5.41, 5.74) is 3.38. The molecule has 4 rings (SSSR count). The fourth-order valence-electron chi connectivity index (χ4n) is 5.78. The van der Waals surface area contributed by atoms with Gasteiger partial charge in [0.1, 0.15) is 18.7 Å². The summed E-state index contributed by atoms with van der Waals surface area (Å²) in [4.78, 5) is 45.6. The smallest absolute Gasteiger partial charge is 0.246 e. The number of β-amino-alcohol motifs (C(OH)–C–C–N with tert-alkyl or cyclic N) is 1. The molecule has 3 aliphatic rings. The zero-order chi connectivity index (χ0) is 31.7. The van der Waals surface area contributed by atoms with E-state index >= 15 is 0 Å². The van der Waals surface area contributed by atoms with Gasteiger partial charge in [-0.25, -0.2) is 0 Å². The zero-order valence-corrected chi connectivity index (χ0v) is 27.2. The Hall–Kier alpha value is -2.51. The number of nitrogens with one attached hydrogen (secondary N) is 3. The van der Waals surface area contributed by atoms with Crippen LogP contribution in [0.1, 0.15) is 63.3 Å². The third-order valence-corrected chi connectivity index (χ3v) is 9.62. The van der Waals surface area contributed by atoms with Crippen molar-refractivity contribution in [1.29, 1.82) is 0 Å². The molecule has 0 spiro atoms. The van der Waals surface area contributed by atoms with Gasteiger partial charge in [-0.15, -0.1) is 11.8 Å². The largest absolute Gasteiger partial charge is 0.391 e. The standard InChI is InChI=1S/C32H49N5O6S/c1-21-28(44-20-35-21)24-7-5-22(6-8-24)16-34-30(40)26-15-25(38)17-37(26)31(41)29(32(2,3)4)36-27(39)19-43-14-13-42-18-23-9-11-33-12-10-23/h5-8,20-21,23,25-26,28-29,33,38H,9-19H2,1-4H3,(H,34,40)(H,36,39)/t21?,25-,26+,28?,29-/m1/s1. The molecule has 0 aromatic heterocycles. The number of thioether (sulfide) groups is 1. The Bertz CT molecular complexity index is 1140. The van der Waals surface area contributed by atoms with Crippen LogP contribution in [0.3, 0.4) is 0 Å². The molecule has 0 bridgehead atoms. The van der Waals surface area contributed by atoms with Gasteiger partial charge in [0.05, 0.1) is 36.2 Å². The molecular weight excluding hydrogens is 582 g/mol. The zero-order valence-electron chi connectivity index (χ0n) is 26.4. The number of hydrogen-bond donors (Lipinski definition) is 4. The number of nitrogens with zero attached hydrogens (tertiary/aromatic N) is 2. The Labute approximate surface area is 265 Å². The third kappa shape index (κ3) is 9.74. The van der Waals surface area contributed by atoms with Crippen molar-refractivity contribution < 1.29 is 29.0 Å². The Morgan fingerprint density at radius 2 is 1.84 bits per heavy atom. The van der Waals surface area contributed by atoms with Crippen molar-refractivity contribution in [1.82, 2.24) is 20.9 Å². The van der Waals surface area contributed by atoms with E-state index in [1.54, 1.807) is 11.8 Å². The number of aliphatic hydroxyl groups is 1. The van der Waals surface area contributed by atoms with E-state index < -0.39 is 35.4 Å². The van der Waals surface area contributed by atoms with Gasteiger partial charge >= 0.3 is 0 Å². The number of amides is 3. The maximum Gasteiger partial charge on any atom is 0.246 e. The maximum absolute atomic E-state index is 13.8. The Morgan fingerprint density at radius 1 is 1.14 bits per heavy atom. The van der Waals surface area contributed by atoms with Gasteiger partial charge in [-0.3, -0.25) is 19.4 Å². The first-order valence-corrected chi connectivity index (χ1v) is 16.6. The second-order valence-electron chi connectivity index (χ2n) is 13.1. The monoisotopic (exact) mass is 631 g/mol. The molecule has 11 nitrogen and oxygen atoms in total. The first kappa shape index (κ1) is 34.4. The lowest BCUT2D eigenvalue weighted by Crippen LogP contribution is -2.58. The second kappa shape index (κ2) is 16.2. The molecule has 12 heteroatoms. The normalized spacial score (nSPS) is 24.8. The summed E-state index contributed by atoms with van der Waals surface area (Å²) in [5.74, 6) is -0.598. The molecule has 1 aromatic carbocycles. The number of benzene rings is 1. The van der Waals surface area contributed by atoms with Gasteiger partial charge in [-0.2, -0.15) is 0 Å². The first-order valence-electron chi connectivity index (χ1n) is 15.7. The number of aliphatic imine (C=N–C) groups is 1. The Balaban J connectivity index is 1.25. The van der Waals surface area contributed by atoms with E-state index in [2.05, 4.69) is 40.0 Å². The SMILES string of the molecule is CC1N=CSC1c1ccc(CNC(=O)[C@@H]2C[C@@H](O)CN2C(=O)[C@@H](NC(=O)COCCOCC2CCNCC2)C(C)(C)C)cc1. The molecule has 0 radical (unpaired) electrons. The number of piperidine rings is 1. The van der Waals surface area contributed by atoms with E-state index in [-0.39, 0.29) is 38.1 Å². The Morgan fingerprint density at radius 3 is 2.50 bits per heavy atom. The lowest BCUT2D eigenvalue weighted by atomic mass is 9.85. The number of likely N-dealkylation sites (tertiary alicyclic amines) is 1. The van der Waals surface area contributed by atoms with Gasteiger partial charge in [0.15, 0.2) is 0 Å². The lowest BCUT2D eigenvalue weighted by Gasteiger charge is -2.35. The van der Waals surface area contributed by atoms with Crippen LogP contribution in [0.4, 0.5) is 0 Å². The molecule has 1 aromatic rings. The minimum atomic E-state index is -0.900. The van der Waals surface area contributed by atoms with Crippen LogP contribution in [0.15, 0.2) is 29.3 Å². The molecule has 0 aliphatic carbocycles. The number of aliphatic hydroxyl groups excluding tert-OH is 1. The van der Waals surface area contributed by atoms with E-state index in [0.717, 1.165) is 31.5 Å². The minimum Gasteiger partial charge on any atom is -0.391 e. The molecule has 3 heterocycles. The van der Waals surface area contributed by atoms with Crippen molar-refractivity contribution in [2.45, 2.75) is 83.0 Å². The van der Waals surface area contributed by atoms with Crippen LogP contribution in [-0.2, 0) is 30.4 Å². The van der Waals surface area contributed by atoms with Gasteiger partial charge in [-0.1, -0.05) is 45.0 Å². The van der Waals surface area contributed by atoms with Crippen molar-refractivity contribution in [3.63, 3.8) is 0 Å². The number of ether oxygens (including phenoxy) is 2. The molecule has 2 fully saturated rings. The summed E-state index contributed by atoms with van der Waals surface area (Å²) in [6.07, 6.45) is 1.52. The van der Waals surface area contributed by atoms with Crippen LogP contribution < -0.4 is 16.0 Å². The minimum absolute atomic E-state index is 0.0261. The number of carbonyl (C=O) groups is 3. The third-order valence-electron chi connectivity index (χ3n) is 8.42. The average Bonchev–Trinajstić information content (AvgIpc) is 3.61. The van der Waals surface area contributed by atoms with E-state index in [0.29, 0.717) is 30.9 Å². The van der Waals surface area contributed by atoms with Crippen molar-refractivity contribution in [3.8, 4) is 0 Å². The van der Waals surface area contributed by atoms with E-state index in [4.69, 9.17) is 9.47 Å². The highest BCUT2D eigenvalue weighted by atomic mass is 32.2. The van der Waals surface area contributed by atoms with Gasteiger partial charge in [0.2, 0.25) is 17.7 Å². The van der Waals surface area contributed by atoms with Gasteiger partial charge in [-0.05, 0) is 55.3 Å². The molecule has 2 saturated heterocycles. The quantitative estimate of drug-likeness (QED) is 0.243. The predicted molar refractivity (Wildman–Crippen MR) is 171 cm³/mol. The second-order valence-corrected chi connectivity index (χ2v) is 14.1. The highest BCUT2D eigenvalue weighted by Crippen LogP contribution is 2.36. The molecule has 5 atom stereocenters. The molecule has 3 amide bonds. The van der Waals surface area contributed by atoms with Gasteiger partial charge in [0.25, 0.3) is 0 Å². The topological polar surface area (TPSA) is 142 Å². The van der Waals surface area contributed by atoms with Crippen molar-refractivity contribution in [2.24, 2.45) is 16.3 Å². The van der Waals surface area contributed by atoms with Crippen LogP contribution in [0, 0.1) is 11.3 Å². The number of carbonyl (C=O) groups excluding carboxylic acids is 3. The fourth-order valence-corrected chi connectivity index (χ4v) is 6.79.